The Morgan fingerprint density at radius 1 is 0.914 bits per heavy atom. The summed E-state index contributed by atoms with van der Waals surface area (Å²) in [6.45, 7) is 5.61. The fourth-order valence-corrected chi connectivity index (χ4v) is 8.58. The van der Waals surface area contributed by atoms with Crippen molar-refractivity contribution in [3.63, 3.8) is 0 Å². The van der Waals surface area contributed by atoms with Gasteiger partial charge in [0.1, 0.15) is 10.4 Å². The van der Waals surface area contributed by atoms with E-state index in [9.17, 15) is 14.4 Å². The van der Waals surface area contributed by atoms with Crippen LogP contribution in [0, 0.1) is 10.7 Å². The van der Waals surface area contributed by atoms with Crippen molar-refractivity contribution < 1.29 is 14.4 Å². The number of hydrogen-bond acceptors (Lipinski definition) is 6. The zero-order valence-corrected chi connectivity index (χ0v) is 21.7. The molecule has 0 unspecified atom stereocenters. The molecule has 1 aromatic heterocycles. The maximum absolute atomic E-state index is 14.0. The van der Waals surface area contributed by atoms with Crippen LogP contribution in [0.2, 0.25) is 0 Å². The van der Waals surface area contributed by atoms with Gasteiger partial charge in [-0.3, -0.25) is 24.2 Å². The summed E-state index contributed by atoms with van der Waals surface area (Å²) in [5.41, 5.74) is 3.84. The molecule has 0 fully saturated rings. The zero-order valence-electron chi connectivity index (χ0n) is 19.2. The molecule has 0 saturated heterocycles. The SMILES string of the molecule is Cc1cccc2c1N(C(=O)CN1C(=O)c3cccc4cccc(c34)C1=O)C(C)(C)c1ssc(=S)c1-2. The number of para-hydroxylation sites is 1. The van der Waals surface area contributed by atoms with Crippen molar-refractivity contribution in [2.45, 2.75) is 26.3 Å². The first kappa shape index (κ1) is 22.3. The van der Waals surface area contributed by atoms with Gasteiger partial charge in [-0.15, -0.1) is 0 Å². The van der Waals surface area contributed by atoms with Crippen LogP contribution in [0.5, 0.6) is 0 Å². The van der Waals surface area contributed by atoms with E-state index in [1.54, 1.807) is 39.5 Å². The van der Waals surface area contributed by atoms with Gasteiger partial charge in [-0.05, 0) is 43.9 Å². The van der Waals surface area contributed by atoms with Gasteiger partial charge in [0.2, 0.25) is 5.91 Å². The van der Waals surface area contributed by atoms with Gasteiger partial charge in [-0.25, -0.2) is 0 Å². The number of rotatable bonds is 2. The molecule has 0 bridgehead atoms. The minimum atomic E-state index is -0.691. The molecule has 35 heavy (non-hydrogen) atoms. The van der Waals surface area contributed by atoms with Crippen LogP contribution in [0.1, 0.15) is 45.0 Å². The number of carbonyl (C=O) groups excluding carboxylic acids is 3. The van der Waals surface area contributed by atoms with Gasteiger partial charge in [-0.2, -0.15) is 0 Å². The summed E-state index contributed by atoms with van der Waals surface area (Å²) in [6, 6.07) is 16.7. The van der Waals surface area contributed by atoms with Gasteiger partial charge in [0.05, 0.1) is 16.1 Å². The van der Waals surface area contributed by atoms with E-state index in [1.165, 1.54) is 10.3 Å². The number of aryl methyl sites for hydroxylation is 1. The average Bonchev–Trinajstić information content (AvgIpc) is 3.23. The summed E-state index contributed by atoms with van der Waals surface area (Å²) in [4.78, 5) is 44.7. The fraction of sp³-hybridized carbons (Fsp3) is 0.185. The minimum Gasteiger partial charge on any atom is -0.299 e. The van der Waals surface area contributed by atoms with E-state index in [1.807, 2.05) is 51.1 Å². The lowest BCUT2D eigenvalue weighted by Crippen LogP contribution is -2.53. The molecule has 0 N–H and O–H groups in total. The molecule has 174 valence electrons. The summed E-state index contributed by atoms with van der Waals surface area (Å²) in [5, 5.41) is 1.48. The Labute approximate surface area is 214 Å². The number of benzene rings is 3. The van der Waals surface area contributed by atoms with Gasteiger partial charge in [0, 0.05) is 27.6 Å². The number of amides is 3. The molecule has 2 aliphatic rings. The first-order valence-corrected chi connectivity index (χ1v) is 13.7. The van der Waals surface area contributed by atoms with Crippen molar-refractivity contribution in [1.82, 2.24) is 4.90 Å². The summed E-state index contributed by atoms with van der Waals surface area (Å²) in [7, 11) is 3.11. The minimum absolute atomic E-state index is 0.311. The highest BCUT2D eigenvalue weighted by Gasteiger charge is 2.45. The van der Waals surface area contributed by atoms with Crippen LogP contribution in [0.15, 0.2) is 54.6 Å². The van der Waals surface area contributed by atoms with Crippen molar-refractivity contribution in [3.05, 3.63) is 80.0 Å². The zero-order chi connectivity index (χ0) is 24.6. The van der Waals surface area contributed by atoms with Gasteiger partial charge in [0.25, 0.3) is 11.8 Å². The Balaban J connectivity index is 1.45. The lowest BCUT2D eigenvalue weighted by molar-refractivity contribution is -0.120. The van der Waals surface area contributed by atoms with Crippen molar-refractivity contribution in [2.24, 2.45) is 0 Å². The van der Waals surface area contributed by atoms with Crippen LogP contribution in [-0.2, 0) is 10.3 Å². The number of carbonyl (C=O) groups is 3. The molecule has 0 radical (unpaired) electrons. The monoisotopic (exact) mass is 516 g/mol. The lowest BCUT2D eigenvalue weighted by atomic mass is 9.86. The van der Waals surface area contributed by atoms with E-state index >= 15 is 0 Å². The van der Waals surface area contributed by atoms with Crippen LogP contribution in [0.3, 0.4) is 0 Å². The quantitative estimate of drug-likeness (QED) is 0.172. The van der Waals surface area contributed by atoms with Crippen molar-refractivity contribution in [1.29, 1.82) is 0 Å². The number of imide groups is 1. The van der Waals surface area contributed by atoms with Crippen LogP contribution >= 0.6 is 32.9 Å². The molecule has 3 amide bonds. The highest BCUT2D eigenvalue weighted by Crippen LogP contribution is 2.53. The van der Waals surface area contributed by atoms with E-state index in [2.05, 4.69) is 0 Å². The smallest absolute Gasteiger partial charge is 0.261 e. The van der Waals surface area contributed by atoms with E-state index < -0.39 is 17.4 Å². The molecular formula is C27H20N2O3S3. The maximum Gasteiger partial charge on any atom is 0.261 e. The van der Waals surface area contributed by atoms with Crippen molar-refractivity contribution in [3.8, 4) is 11.1 Å². The second kappa shape index (κ2) is 7.65. The van der Waals surface area contributed by atoms with Gasteiger partial charge < -0.3 is 0 Å². The highest BCUT2D eigenvalue weighted by molar-refractivity contribution is 7.80. The van der Waals surface area contributed by atoms with Crippen LogP contribution in [0.4, 0.5) is 5.69 Å². The third kappa shape index (κ3) is 3.03. The first-order valence-electron chi connectivity index (χ1n) is 11.2. The van der Waals surface area contributed by atoms with E-state index in [-0.39, 0.29) is 12.5 Å². The second-order valence-electron chi connectivity index (χ2n) is 9.32. The van der Waals surface area contributed by atoms with E-state index in [0.717, 1.165) is 41.4 Å². The van der Waals surface area contributed by atoms with Gasteiger partial charge in [-0.1, -0.05) is 75.4 Å². The number of anilines is 1. The summed E-state index contributed by atoms with van der Waals surface area (Å²) in [6.07, 6.45) is 0. The van der Waals surface area contributed by atoms with Crippen molar-refractivity contribution >= 4 is 67.1 Å². The van der Waals surface area contributed by atoms with Crippen LogP contribution < -0.4 is 4.90 Å². The molecule has 5 nitrogen and oxygen atoms in total. The molecule has 4 aromatic rings. The predicted octanol–water partition coefficient (Wildman–Crippen LogP) is 6.55. The second-order valence-corrected chi connectivity index (χ2v) is 12.1. The number of nitrogens with zero attached hydrogens (tertiary/aromatic N) is 2. The third-order valence-electron chi connectivity index (χ3n) is 6.88. The van der Waals surface area contributed by atoms with Crippen LogP contribution in [-0.4, -0.2) is 29.2 Å². The molecule has 0 atom stereocenters. The number of hydrogen-bond donors (Lipinski definition) is 0. The largest absolute Gasteiger partial charge is 0.299 e. The molecule has 3 heterocycles. The predicted molar refractivity (Wildman–Crippen MR) is 143 cm³/mol. The maximum atomic E-state index is 14.0. The summed E-state index contributed by atoms with van der Waals surface area (Å²) >= 11 is 5.66. The molecule has 0 saturated carbocycles. The fourth-order valence-electron chi connectivity index (χ4n) is 5.30. The van der Waals surface area contributed by atoms with E-state index in [0.29, 0.717) is 16.5 Å². The lowest BCUT2D eigenvalue weighted by Gasteiger charge is -2.44. The summed E-state index contributed by atoms with van der Waals surface area (Å²) < 4.78 is 0.808. The topological polar surface area (TPSA) is 57.7 Å². The Morgan fingerprint density at radius 2 is 1.51 bits per heavy atom. The Kier molecular flexibility index (Phi) is 4.87. The Bertz CT molecular complexity index is 1610. The summed E-state index contributed by atoms with van der Waals surface area (Å²) in [5.74, 6) is -1.20. The molecule has 0 aliphatic carbocycles. The third-order valence-corrected chi connectivity index (χ3v) is 10.2. The number of fused-ring (bicyclic) bond motifs is 3. The molecule has 2 aliphatic heterocycles. The first-order chi connectivity index (χ1) is 16.7. The molecule has 8 heteroatoms. The van der Waals surface area contributed by atoms with Gasteiger partial charge in [0.15, 0.2) is 0 Å². The van der Waals surface area contributed by atoms with Crippen molar-refractivity contribution in [2.75, 3.05) is 11.4 Å². The molecule has 6 rings (SSSR count). The molecule has 3 aromatic carbocycles. The van der Waals surface area contributed by atoms with E-state index in [4.69, 9.17) is 12.2 Å². The normalized spacial score (nSPS) is 15.9. The Hall–Kier alpha value is -3.20. The molecular weight excluding hydrogens is 497 g/mol. The standard InChI is InChI=1S/C27H20N2O3S3/c1-14-7-4-10-16-21-23(34-35-26(21)33)27(2,3)29(22(14)16)19(30)13-28-24(31)17-11-5-8-15-9-6-12-18(20(15)17)25(28)32/h4-12H,13H2,1-3H3. The van der Waals surface area contributed by atoms with Gasteiger partial charge >= 0.3 is 0 Å². The Morgan fingerprint density at radius 3 is 2.17 bits per heavy atom. The van der Waals surface area contributed by atoms with Crippen LogP contribution in [0.25, 0.3) is 21.9 Å². The average molecular weight is 517 g/mol. The highest BCUT2D eigenvalue weighted by atomic mass is 32.9. The molecule has 0 spiro atoms.